The average molecular weight is 160 g/mol. The highest BCUT2D eigenvalue weighted by molar-refractivity contribution is 5.66. The lowest BCUT2D eigenvalue weighted by molar-refractivity contribution is -0.137. The Morgan fingerprint density at radius 3 is 2.73 bits per heavy atom. The molecule has 0 spiro atoms. The van der Waals surface area contributed by atoms with E-state index in [1.165, 1.54) is 0 Å². The van der Waals surface area contributed by atoms with Crippen LogP contribution in [0.25, 0.3) is 0 Å². The van der Waals surface area contributed by atoms with Gasteiger partial charge in [-0.15, -0.1) is 0 Å². The first-order valence-corrected chi connectivity index (χ1v) is 4.00. The Kier molecular flexibility index (Phi) is 5.84. The van der Waals surface area contributed by atoms with E-state index in [9.17, 15) is 4.79 Å². The van der Waals surface area contributed by atoms with Gasteiger partial charge in [-0.3, -0.25) is 4.79 Å². The molecule has 0 saturated heterocycles. The summed E-state index contributed by atoms with van der Waals surface area (Å²) >= 11 is 0. The topological polar surface area (TPSA) is 46.5 Å². The van der Waals surface area contributed by atoms with Gasteiger partial charge in [0.1, 0.15) is 0 Å². The van der Waals surface area contributed by atoms with Crippen molar-refractivity contribution in [2.75, 3.05) is 6.61 Å². The van der Waals surface area contributed by atoms with Crippen LogP contribution in [0.15, 0.2) is 0 Å². The molecule has 0 fully saturated rings. The van der Waals surface area contributed by atoms with Gasteiger partial charge >= 0.3 is 5.97 Å². The van der Waals surface area contributed by atoms with Crippen LogP contribution in [0.5, 0.6) is 0 Å². The highest BCUT2D eigenvalue weighted by Crippen LogP contribution is 2.03. The van der Waals surface area contributed by atoms with Gasteiger partial charge in [-0.05, 0) is 26.7 Å². The Morgan fingerprint density at radius 1 is 1.64 bits per heavy atom. The summed E-state index contributed by atoms with van der Waals surface area (Å²) < 4.78 is 5.23. The zero-order chi connectivity index (χ0) is 8.69. The van der Waals surface area contributed by atoms with Gasteiger partial charge in [-0.1, -0.05) is 0 Å². The highest BCUT2D eigenvalue weighted by atomic mass is 16.5. The largest absolute Gasteiger partial charge is 0.481 e. The van der Waals surface area contributed by atoms with Gasteiger partial charge in [0.2, 0.25) is 0 Å². The van der Waals surface area contributed by atoms with Crippen molar-refractivity contribution < 1.29 is 14.6 Å². The molecule has 0 rings (SSSR count). The third-order valence-electron chi connectivity index (χ3n) is 1.45. The smallest absolute Gasteiger partial charge is 0.303 e. The minimum absolute atomic E-state index is 0.194. The molecule has 0 heterocycles. The normalized spacial score (nSPS) is 12.9. The second kappa shape index (κ2) is 6.16. The Labute approximate surface area is 67.4 Å². The van der Waals surface area contributed by atoms with Crippen molar-refractivity contribution in [1.29, 1.82) is 0 Å². The molecule has 3 heteroatoms. The lowest BCUT2D eigenvalue weighted by Crippen LogP contribution is -2.08. The van der Waals surface area contributed by atoms with Crippen molar-refractivity contribution >= 4 is 5.97 Å². The molecule has 66 valence electrons. The number of rotatable bonds is 6. The Balaban J connectivity index is 3.16. The van der Waals surface area contributed by atoms with Crippen molar-refractivity contribution in [2.24, 2.45) is 0 Å². The summed E-state index contributed by atoms with van der Waals surface area (Å²) in [5.74, 6) is -0.728. The van der Waals surface area contributed by atoms with Crippen molar-refractivity contribution in [3.8, 4) is 0 Å². The van der Waals surface area contributed by atoms with Crippen LogP contribution in [0.2, 0.25) is 0 Å². The van der Waals surface area contributed by atoms with Crippen LogP contribution in [0.4, 0.5) is 0 Å². The predicted molar refractivity (Wildman–Crippen MR) is 42.6 cm³/mol. The number of carboxylic acids is 1. The van der Waals surface area contributed by atoms with Crippen molar-refractivity contribution in [1.82, 2.24) is 0 Å². The summed E-state index contributed by atoms with van der Waals surface area (Å²) in [4.78, 5) is 10.1. The molecule has 1 N–H and O–H groups in total. The van der Waals surface area contributed by atoms with Crippen molar-refractivity contribution in [2.45, 2.75) is 39.2 Å². The fourth-order valence-electron chi connectivity index (χ4n) is 0.909. The molecule has 0 aromatic heterocycles. The second-order valence-electron chi connectivity index (χ2n) is 2.55. The highest BCUT2D eigenvalue weighted by Gasteiger charge is 2.02. The first-order chi connectivity index (χ1) is 5.16. The van der Waals surface area contributed by atoms with E-state index in [0.717, 1.165) is 6.42 Å². The molecule has 0 amide bonds. The first kappa shape index (κ1) is 10.4. The van der Waals surface area contributed by atoms with Gasteiger partial charge in [0.25, 0.3) is 0 Å². The molecule has 0 saturated carbocycles. The first-order valence-electron chi connectivity index (χ1n) is 4.00. The van der Waals surface area contributed by atoms with E-state index in [1.807, 2.05) is 13.8 Å². The molecule has 0 radical (unpaired) electrons. The Morgan fingerprint density at radius 2 is 2.27 bits per heavy atom. The maximum absolute atomic E-state index is 10.1. The molecule has 0 aromatic rings. The predicted octanol–water partition coefficient (Wildman–Crippen LogP) is 1.67. The second-order valence-corrected chi connectivity index (χ2v) is 2.55. The van der Waals surface area contributed by atoms with E-state index in [0.29, 0.717) is 13.0 Å². The summed E-state index contributed by atoms with van der Waals surface area (Å²) in [7, 11) is 0. The van der Waals surface area contributed by atoms with Crippen LogP contribution in [-0.2, 0) is 9.53 Å². The molecule has 0 aromatic carbocycles. The summed E-state index contributed by atoms with van der Waals surface area (Å²) in [6.45, 7) is 4.60. The monoisotopic (exact) mass is 160 g/mol. The number of hydrogen-bond donors (Lipinski definition) is 1. The van der Waals surface area contributed by atoms with Crippen molar-refractivity contribution in [3.63, 3.8) is 0 Å². The lowest BCUT2D eigenvalue weighted by Gasteiger charge is -2.09. The van der Waals surface area contributed by atoms with Crippen LogP contribution in [-0.4, -0.2) is 23.8 Å². The maximum atomic E-state index is 10.1. The van der Waals surface area contributed by atoms with Gasteiger partial charge in [-0.25, -0.2) is 0 Å². The Hall–Kier alpha value is -0.570. The van der Waals surface area contributed by atoms with Crippen LogP contribution in [0.3, 0.4) is 0 Å². The van der Waals surface area contributed by atoms with Gasteiger partial charge in [-0.2, -0.15) is 0 Å². The van der Waals surface area contributed by atoms with Crippen LogP contribution in [0, 0.1) is 0 Å². The number of aliphatic carboxylic acids is 1. The lowest BCUT2D eigenvalue weighted by atomic mass is 10.2. The fraction of sp³-hybridized carbons (Fsp3) is 0.875. The average Bonchev–Trinajstić information content (AvgIpc) is 1.87. The zero-order valence-electron chi connectivity index (χ0n) is 7.17. The Bertz CT molecular complexity index is 112. The molecule has 0 aliphatic heterocycles. The summed E-state index contributed by atoms with van der Waals surface area (Å²) in [5.41, 5.74) is 0. The standard InChI is InChI=1S/C8H16O3/c1-3-11-7(2)5-4-6-8(9)10/h7H,3-6H2,1-2H3,(H,9,10). The molecular formula is C8H16O3. The molecular weight excluding hydrogens is 144 g/mol. The number of carbonyl (C=O) groups is 1. The van der Waals surface area contributed by atoms with Crippen molar-refractivity contribution in [3.05, 3.63) is 0 Å². The summed E-state index contributed by atoms with van der Waals surface area (Å²) in [5, 5.41) is 8.32. The van der Waals surface area contributed by atoms with E-state index >= 15 is 0 Å². The number of hydrogen-bond acceptors (Lipinski definition) is 2. The number of ether oxygens (including phenoxy) is 1. The summed E-state index contributed by atoms with van der Waals surface area (Å²) in [6.07, 6.45) is 1.98. The number of carboxylic acid groups (broad SMARTS) is 1. The molecule has 3 nitrogen and oxygen atoms in total. The van der Waals surface area contributed by atoms with Gasteiger partial charge in [0.15, 0.2) is 0 Å². The van der Waals surface area contributed by atoms with E-state index in [-0.39, 0.29) is 12.5 Å². The maximum Gasteiger partial charge on any atom is 0.303 e. The van der Waals surface area contributed by atoms with E-state index in [4.69, 9.17) is 9.84 Å². The third-order valence-corrected chi connectivity index (χ3v) is 1.45. The minimum atomic E-state index is -0.728. The van der Waals surface area contributed by atoms with Gasteiger partial charge in [0, 0.05) is 13.0 Å². The van der Waals surface area contributed by atoms with Crippen LogP contribution in [0.1, 0.15) is 33.1 Å². The van der Waals surface area contributed by atoms with Crippen LogP contribution < -0.4 is 0 Å². The minimum Gasteiger partial charge on any atom is -0.481 e. The molecule has 0 bridgehead atoms. The van der Waals surface area contributed by atoms with Gasteiger partial charge < -0.3 is 9.84 Å². The molecule has 1 atom stereocenters. The van der Waals surface area contributed by atoms with E-state index < -0.39 is 5.97 Å². The molecule has 1 unspecified atom stereocenters. The zero-order valence-corrected chi connectivity index (χ0v) is 7.17. The SMILES string of the molecule is CCOC(C)CCCC(=O)O. The third kappa shape index (κ3) is 7.33. The van der Waals surface area contributed by atoms with E-state index in [1.54, 1.807) is 0 Å². The van der Waals surface area contributed by atoms with Gasteiger partial charge in [0.05, 0.1) is 6.10 Å². The quantitative estimate of drug-likeness (QED) is 0.642. The van der Waals surface area contributed by atoms with Crippen LogP contribution >= 0.6 is 0 Å². The molecule has 0 aliphatic carbocycles. The molecule has 0 aliphatic rings. The molecule has 11 heavy (non-hydrogen) atoms. The summed E-state index contributed by atoms with van der Waals surface area (Å²) in [6, 6.07) is 0. The fourth-order valence-corrected chi connectivity index (χ4v) is 0.909. The van der Waals surface area contributed by atoms with E-state index in [2.05, 4.69) is 0 Å².